The number of ether oxygens (including phenoxy) is 1. The topological polar surface area (TPSA) is 57.6 Å². The lowest BCUT2D eigenvalue weighted by Gasteiger charge is -2.30. The summed E-state index contributed by atoms with van der Waals surface area (Å²) in [6.45, 7) is 0.505. The molecule has 3 rings (SSSR count). The van der Waals surface area contributed by atoms with Crippen LogP contribution in [0.1, 0.15) is 25.7 Å². The number of nitrogens with one attached hydrogen (secondary N) is 1. The summed E-state index contributed by atoms with van der Waals surface area (Å²) in [5, 5.41) is 13.5. The van der Waals surface area contributed by atoms with Gasteiger partial charge in [0, 0.05) is 18.7 Å². The fraction of sp³-hybridized carbons (Fsp3) is 0.625. The summed E-state index contributed by atoms with van der Waals surface area (Å²) in [7, 11) is 1.59. The van der Waals surface area contributed by atoms with Gasteiger partial charge in [0.1, 0.15) is 0 Å². The lowest BCUT2D eigenvalue weighted by molar-refractivity contribution is 0.306. The van der Waals surface area contributed by atoms with Crippen LogP contribution in [0.5, 0.6) is 5.88 Å². The Balaban J connectivity index is 1.68. The van der Waals surface area contributed by atoms with Gasteiger partial charge in [-0.05, 0) is 49.4 Å². The number of aliphatic hydroxyl groups excluding tert-OH is 1. The molecule has 2 aliphatic rings. The Morgan fingerprint density at radius 1 is 1.45 bits per heavy atom. The molecule has 2 N–H and O–H groups in total. The number of thiocarbonyl (C=S) groups is 1. The van der Waals surface area contributed by atoms with Gasteiger partial charge in [0.25, 0.3) is 0 Å². The normalized spacial score (nSPS) is 26.0. The van der Waals surface area contributed by atoms with Crippen molar-refractivity contribution in [2.24, 2.45) is 11.8 Å². The molecule has 2 bridgehead atoms. The van der Waals surface area contributed by atoms with Crippen molar-refractivity contribution in [3.63, 3.8) is 0 Å². The maximum Gasteiger partial charge on any atom is 0.213 e. The molecule has 3 atom stereocenters. The van der Waals surface area contributed by atoms with E-state index in [1.807, 2.05) is 11.0 Å². The highest BCUT2D eigenvalue weighted by atomic mass is 32.1. The molecule has 1 aromatic rings. The van der Waals surface area contributed by atoms with Crippen LogP contribution in [0, 0.1) is 11.8 Å². The first-order valence-electron chi connectivity index (χ1n) is 7.90. The van der Waals surface area contributed by atoms with E-state index in [4.69, 9.17) is 17.0 Å². The number of methoxy groups -OCH3 is 1. The Hall–Kier alpha value is -1.40. The van der Waals surface area contributed by atoms with E-state index in [0.29, 0.717) is 23.6 Å². The fourth-order valence-corrected chi connectivity index (χ4v) is 4.11. The number of nitrogens with zero attached hydrogens (tertiary/aromatic N) is 2. The highest BCUT2D eigenvalue weighted by molar-refractivity contribution is 7.80. The van der Waals surface area contributed by atoms with Crippen LogP contribution in [-0.4, -0.2) is 41.5 Å². The Labute approximate surface area is 136 Å². The maximum absolute atomic E-state index is 9.34. The minimum atomic E-state index is 0.0462. The van der Waals surface area contributed by atoms with Gasteiger partial charge in [-0.1, -0.05) is 6.42 Å². The van der Waals surface area contributed by atoms with Crippen molar-refractivity contribution in [1.29, 1.82) is 0 Å². The van der Waals surface area contributed by atoms with Crippen LogP contribution in [0.3, 0.4) is 0 Å². The van der Waals surface area contributed by atoms with Crippen LogP contribution < -0.4 is 15.0 Å². The van der Waals surface area contributed by atoms with Gasteiger partial charge in [0.15, 0.2) is 5.11 Å². The highest BCUT2D eigenvalue weighted by Crippen LogP contribution is 2.44. The molecule has 1 aromatic heterocycles. The first-order chi connectivity index (χ1) is 10.7. The predicted octanol–water partition coefficient (Wildman–Crippen LogP) is 1.95. The quantitative estimate of drug-likeness (QED) is 0.809. The summed E-state index contributed by atoms with van der Waals surface area (Å²) in [6.07, 6.45) is 6.97. The van der Waals surface area contributed by atoms with Gasteiger partial charge in [-0.15, -0.1) is 0 Å². The van der Waals surface area contributed by atoms with Crippen molar-refractivity contribution < 1.29 is 9.84 Å². The molecular weight excluding hydrogens is 298 g/mol. The average molecular weight is 321 g/mol. The minimum Gasteiger partial charge on any atom is -0.481 e. The lowest BCUT2D eigenvalue weighted by Crippen LogP contribution is -2.47. The summed E-state index contributed by atoms with van der Waals surface area (Å²) < 4.78 is 5.08. The zero-order chi connectivity index (χ0) is 15.5. The van der Waals surface area contributed by atoms with E-state index in [2.05, 4.69) is 10.3 Å². The molecule has 6 heteroatoms. The maximum atomic E-state index is 9.34. The number of anilines is 1. The van der Waals surface area contributed by atoms with Crippen molar-refractivity contribution in [3.05, 3.63) is 18.3 Å². The number of rotatable bonds is 5. The second kappa shape index (κ2) is 6.79. The van der Waals surface area contributed by atoms with Gasteiger partial charge < -0.3 is 20.1 Å². The van der Waals surface area contributed by atoms with Crippen LogP contribution in [0.25, 0.3) is 0 Å². The molecule has 0 saturated heterocycles. The number of aromatic nitrogens is 1. The summed E-state index contributed by atoms with van der Waals surface area (Å²) in [4.78, 5) is 6.13. The lowest BCUT2D eigenvalue weighted by atomic mass is 9.95. The Bertz CT molecular complexity index is 523. The van der Waals surface area contributed by atoms with Crippen LogP contribution >= 0.6 is 12.2 Å². The third kappa shape index (κ3) is 3.17. The highest BCUT2D eigenvalue weighted by Gasteiger charge is 2.40. The van der Waals surface area contributed by atoms with E-state index in [0.717, 1.165) is 17.5 Å². The second-order valence-corrected chi connectivity index (χ2v) is 6.55. The van der Waals surface area contributed by atoms with Crippen molar-refractivity contribution >= 4 is 23.0 Å². The van der Waals surface area contributed by atoms with Crippen LogP contribution in [0.2, 0.25) is 0 Å². The molecule has 0 spiro atoms. The number of fused-ring (bicyclic) bond motifs is 2. The van der Waals surface area contributed by atoms with E-state index in [1.165, 1.54) is 25.7 Å². The number of aliphatic hydroxyl groups is 1. The van der Waals surface area contributed by atoms with E-state index >= 15 is 0 Å². The Morgan fingerprint density at radius 2 is 2.32 bits per heavy atom. The second-order valence-electron chi connectivity index (χ2n) is 6.16. The zero-order valence-electron chi connectivity index (χ0n) is 12.9. The average Bonchev–Trinajstić information content (AvgIpc) is 3.15. The van der Waals surface area contributed by atoms with Crippen LogP contribution in [0.15, 0.2) is 18.3 Å². The summed E-state index contributed by atoms with van der Waals surface area (Å²) in [6, 6.07) is 4.20. The number of hydrogen-bond acceptors (Lipinski definition) is 4. The smallest absolute Gasteiger partial charge is 0.213 e. The molecule has 0 amide bonds. The third-order valence-corrected chi connectivity index (χ3v) is 5.20. The van der Waals surface area contributed by atoms with Crippen molar-refractivity contribution in [2.45, 2.75) is 31.7 Å². The molecule has 0 unspecified atom stereocenters. The first-order valence-corrected chi connectivity index (χ1v) is 8.31. The molecule has 2 aliphatic carbocycles. The molecule has 0 radical (unpaired) electrons. The summed E-state index contributed by atoms with van der Waals surface area (Å²) in [5.74, 6) is 2.20. The molecule has 22 heavy (non-hydrogen) atoms. The monoisotopic (exact) mass is 321 g/mol. The molecule has 0 aromatic carbocycles. The Morgan fingerprint density at radius 3 is 2.86 bits per heavy atom. The minimum absolute atomic E-state index is 0.0462. The third-order valence-electron chi connectivity index (χ3n) is 4.86. The molecule has 2 fully saturated rings. The van der Waals surface area contributed by atoms with Gasteiger partial charge in [0.05, 0.1) is 25.6 Å². The van der Waals surface area contributed by atoms with E-state index in [9.17, 15) is 5.11 Å². The van der Waals surface area contributed by atoms with Crippen LogP contribution in [0.4, 0.5) is 5.69 Å². The first kappa shape index (κ1) is 15.5. The Kier molecular flexibility index (Phi) is 4.78. The van der Waals surface area contributed by atoms with E-state index in [1.54, 1.807) is 19.4 Å². The molecule has 1 heterocycles. The van der Waals surface area contributed by atoms with Gasteiger partial charge in [-0.3, -0.25) is 0 Å². The van der Waals surface area contributed by atoms with Gasteiger partial charge in [-0.2, -0.15) is 0 Å². The molecular formula is C16H23N3O2S. The molecule has 0 aliphatic heterocycles. The summed E-state index contributed by atoms with van der Waals surface area (Å²) in [5.41, 5.74) is 0.871. The SMILES string of the molecule is COc1ccc(N(CCO)C(=S)N[C@@H]2C[C@H]3CC[C@H]2C3)cn1. The molecule has 5 nitrogen and oxygen atoms in total. The van der Waals surface area contributed by atoms with Gasteiger partial charge in [-0.25, -0.2) is 4.98 Å². The van der Waals surface area contributed by atoms with Crippen molar-refractivity contribution in [3.8, 4) is 5.88 Å². The zero-order valence-corrected chi connectivity index (χ0v) is 13.7. The fourth-order valence-electron chi connectivity index (χ4n) is 3.76. The van der Waals surface area contributed by atoms with Crippen molar-refractivity contribution in [2.75, 3.05) is 25.2 Å². The number of hydrogen-bond donors (Lipinski definition) is 2. The standard InChI is InChI=1S/C16H23N3O2S/c1-21-15-5-4-13(10-17-15)19(6-7-20)16(22)18-14-9-11-2-3-12(14)8-11/h4-5,10-12,14,20H,2-3,6-9H2,1H3,(H,18,22)/t11-,12-,14+/m0/s1. The van der Waals surface area contributed by atoms with E-state index < -0.39 is 0 Å². The van der Waals surface area contributed by atoms with E-state index in [-0.39, 0.29) is 6.61 Å². The van der Waals surface area contributed by atoms with Gasteiger partial charge >= 0.3 is 0 Å². The number of pyridine rings is 1. The predicted molar refractivity (Wildman–Crippen MR) is 90.2 cm³/mol. The largest absolute Gasteiger partial charge is 0.481 e. The molecule has 2 saturated carbocycles. The van der Waals surface area contributed by atoms with Gasteiger partial charge in [0.2, 0.25) is 5.88 Å². The summed E-state index contributed by atoms with van der Waals surface area (Å²) >= 11 is 5.58. The van der Waals surface area contributed by atoms with Crippen LogP contribution in [-0.2, 0) is 0 Å². The molecule has 120 valence electrons. The van der Waals surface area contributed by atoms with Crippen molar-refractivity contribution in [1.82, 2.24) is 10.3 Å².